The van der Waals surface area contributed by atoms with Crippen LogP contribution in [0.1, 0.15) is 17.5 Å². The fourth-order valence-corrected chi connectivity index (χ4v) is 6.09. The predicted molar refractivity (Wildman–Crippen MR) is 123 cm³/mol. The van der Waals surface area contributed by atoms with Crippen LogP contribution in [-0.4, -0.2) is 54.3 Å². The first-order valence-corrected chi connectivity index (χ1v) is 12.0. The highest BCUT2D eigenvalue weighted by molar-refractivity contribution is 8.01. The van der Waals surface area contributed by atoms with Gasteiger partial charge in [0.1, 0.15) is 16.1 Å². The van der Waals surface area contributed by atoms with E-state index in [1.165, 1.54) is 34.6 Å². The first kappa shape index (κ1) is 23.1. The van der Waals surface area contributed by atoms with E-state index in [1.54, 1.807) is 0 Å². The molecule has 0 bridgehead atoms. The van der Waals surface area contributed by atoms with E-state index in [1.807, 2.05) is 24.3 Å². The second-order valence-corrected chi connectivity index (χ2v) is 9.66. The Morgan fingerprint density at radius 1 is 1.30 bits per heavy atom. The van der Waals surface area contributed by atoms with E-state index < -0.39 is 11.3 Å². The number of aliphatic carboxylic acids is 1. The smallest absolute Gasteiger partial charge is 0.352 e. The highest BCUT2D eigenvalue weighted by Gasteiger charge is 2.48. The summed E-state index contributed by atoms with van der Waals surface area (Å²) in [4.78, 5) is 56.2. The number of nitrogens with two attached hydrogens (primary N) is 1. The van der Waals surface area contributed by atoms with Crippen LogP contribution in [0.5, 0.6) is 0 Å². The molecule has 2 aliphatic heterocycles. The molecule has 2 atom stereocenters. The monoisotopic (exact) mass is 487 g/mol. The molecule has 1 fully saturated rings. The molecule has 4 rings (SSSR count). The van der Waals surface area contributed by atoms with Crippen molar-refractivity contribution in [2.75, 3.05) is 5.75 Å². The molecule has 1 aromatic carbocycles. The molecular formula is C21H21N5O5S2. The van der Waals surface area contributed by atoms with Crippen LogP contribution >= 0.6 is 23.5 Å². The molecule has 33 heavy (non-hydrogen) atoms. The number of carbonyl (C=O) groups is 3. The number of aromatic amines is 1. The average molecular weight is 488 g/mol. The molecule has 2 aliphatic rings. The Morgan fingerprint density at radius 3 is 2.70 bits per heavy atom. The number of rotatable bonds is 8. The molecule has 0 radical (unpaired) electrons. The van der Waals surface area contributed by atoms with Gasteiger partial charge in [-0.3, -0.25) is 19.3 Å². The van der Waals surface area contributed by atoms with Crippen LogP contribution in [0, 0.1) is 0 Å². The number of benzene rings is 1. The number of thioether (sulfide) groups is 2. The molecular weight excluding hydrogens is 466 g/mol. The summed E-state index contributed by atoms with van der Waals surface area (Å²) in [6.45, 7) is 0.303. The Bertz CT molecular complexity index is 1180. The molecule has 3 heterocycles. The number of nitrogens with zero attached hydrogens (tertiary/aromatic N) is 2. The van der Waals surface area contributed by atoms with Crippen molar-refractivity contribution in [1.29, 1.82) is 0 Å². The Kier molecular flexibility index (Phi) is 6.86. The van der Waals surface area contributed by atoms with Gasteiger partial charge in [-0.2, -0.15) is 0 Å². The SMILES string of the molecule is NCc1ccccc1CC(=O)NC1S[C@@H]2CC(=O)N2C(C(=O)O)=C1CSc1c[nH]c(=O)cn1. The van der Waals surface area contributed by atoms with Crippen LogP contribution in [0.25, 0.3) is 0 Å². The minimum absolute atomic E-state index is 0.0993. The van der Waals surface area contributed by atoms with Gasteiger partial charge in [0, 0.05) is 24.1 Å². The van der Waals surface area contributed by atoms with Gasteiger partial charge < -0.3 is 21.1 Å². The summed E-state index contributed by atoms with van der Waals surface area (Å²) in [5.74, 6) is -1.61. The fraction of sp³-hybridized carbons (Fsp3) is 0.286. The van der Waals surface area contributed by atoms with E-state index in [2.05, 4.69) is 15.3 Å². The molecule has 0 aliphatic carbocycles. The molecule has 5 N–H and O–H groups in total. The Hall–Kier alpha value is -3.09. The summed E-state index contributed by atoms with van der Waals surface area (Å²) in [6.07, 6.45) is 2.88. The molecule has 10 nitrogen and oxygen atoms in total. The minimum Gasteiger partial charge on any atom is -0.477 e. The zero-order valence-electron chi connectivity index (χ0n) is 17.3. The van der Waals surface area contributed by atoms with Crippen molar-refractivity contribution in [3.8, 4) is 0 Å². The lowest BCUT2D eigenvalue weighted by Crippen LogP contribution is -2.57. The van der Waals surface area contributed by atoms with Crippen LogP contribution in [0.15, 0.2) is 57.7 Å². The van der Waals surface area contributed by atoms with E-state index in [-0.39, 0.29) is 47.0 Å². The average Bonchev–Trinajstić information content (AvgIpc) is 2.78. The second-order valence-electron chi connectivity index (χ2n) is 7.37. The normalized spacial score (nSPS) is 19.7. The molecule has 0 spiro atoms. The topological polar surface area (TPSA) is 158 Å². The van der Waals surface area contributed by atoms with Crippen molar-refractivity contribution in [3.05, 3.63) is 69.4 Å². The number of amides is 2. The van der Waals surface area contributed by atoms with Gasteiger partial charge in [0.2, 0.25) is 11.8 Å². The third kappa shape index (κ3) is 4.97. The number of aromatic nitrogens is 2. The molecule has 1 aromatic heterocycles. The number of hydrogen-bond donors (Lipinski definition) is 4. The van der Waals surface area contributed by atoms with E-state index in [9.17, 15) is 24.3 Å². The Morgan fingerprint density at radius 2 is 2.06 bits per heavy atom. The van der Waals surface area contributed by atoms with E-state index >= 15 is 0 Å². The molecule has 2 aromatic rings. The zero-order valence-corrected chi connectivity index (χ0v) is 18.9. The van der Waals surface area contributed by atoms with Crippen LogP contribution in [0.3, 0.4) is 0 Å². The van der Waals surface area contributed by atoms with Crippen molar-refractivity contribution < 1.29 is 19.5 Å². The molecule has 172 valence electrons. The maximum Gasteiger partial charge on any atom is 0.352 e. The number of β-lactam (4-membered cyclic amide) rings is 1. The van der Waals surface area contributed by atoms with Crippen molar-refractivity contribution in [1.82, 2.24) is 20.2 Å². The van der Waals surface area contributed by atoms with E-state index in [4.69, 9.17) is 5.73 Å². The number of nitrogens with one attached hydrogen (secondary N) is 2. The molecule has 2 amide bonds. The lowest BCUT2D eigenvalue weighted by atomic mass is 10.0. The highest BCUT2D eigenvalue weighted by Crippen LogP contribution is 2.44. The lowest BCUT2D eigenvalue weighted by molar-refractivity contribution is -0.146. The van der Waals surface area contributed by atoms with E-state index in [0.717, 1.165) is 17.3 Å². The number of carboxylic acids is 1. The van der Waals surface area contributed by atoms with Crippen LogP contribution in [0.2, 0.25) is 0 Å². The summed E-state index contributed by atoms with van der Waals surface area (Å²) >= 11 is 2.54. The first-order chi connectivity index (χ1) is 15.9. The summed E-state index contributed by atoms with van der Waals surface area (Å²) in [5.41, 5.74) is 7.36. The van der Waals surface area contributed by atoms with Crippen molar-refractivity contribution in [2.24, 2.45) is 5.73 Å². The highest BCUT2D eigenvalue weighted by atomic mass is 32.2. The third-order valence-corrected chi connectivity index (χ3v) is 7.61. The predicted octanol–water partition coefficient (Wildman–Crippen LogP) is 0.650. The molecule has 0 saturated carbocycles. The number of carboxylic acid groups (broad SMARTS) is 1. The van der Waals surface area contributed by atoms with Gasteiger partial charge in [0.15, 0.2) is 0 Å². The molecule has 12 heteroatoms. The number of fused-ring (bicyclic) bond motifs is 1. The second kappa shape index (κ2) is 9.81. The van der Waals surface area contributed by atoms with Crippen LogP contribution in [-0.2, 0) is 27.3 Å². The summed E-state index contributed by atoms with van der Waals surface area (Å²) in [7, 11) is 0. The summed E-state index contributed by atoms with van der Waals surface area (Å²) < 4.78 is 0. The van der Waals surface area contributed by atoms with Gasteiger partial charge in [-0.25, -0.2) is 9.78 Å². The number of carbonyl (C=O) groups excluding carboxylic acids is 2. The standard InChI is InChI=1S/C21H21N5O5S2/c22-7-12-4-2-1-3-11(12)5-14(27)25-20-13(10-32-16-9-23-15(28)8-24-16)19(21(30)31)26-17(29)6-18(26)33-20/h1-4,8-9,18,20H,5-7,10,22H2,(H,23,28)(H,25,27)(H,30,31)/t18-,20?/m1/s1. The van der Waals surface area contributed by atoms with Gasteiger partial charge in [-0.15, -0.1) is 23.5 Å². The van der Waals surface area contributed by atoms with E-state index in [0.29, 0.717) is 17.1 Å². The fourth-order valence-electron chi connectivity index (χ4n) is 3.65. The Balaban J connectivity index is 1.58. The van der Waals surface area contributed by atoms with Gasteiger partial charge in [-0.1, -0.05) is 24.3 Å². The van der Waals surface area contributed by atoms with Gasteiger partial charge in [-0.05, 0) is 11.1 Å². The quantitative estimate of drug-likeness (QED) is 0.310. The molecule has 1 saturated heterocycles. The third-order valence-electron chi connectivity index (χ3n) is 5.27. The molecule has 1 unspecified atom stereocenters. The summed E-state index contributed by atoms with van der Waals surface area (Å²) in [6, 6.07) is 7.37. The zero-order chi connectivity index (χ0) is 23.5. The first-order valence-electron chi connectivity index (χ1n) is 10.0. The van der Waals surface area contributed by atoms with Crippen molar-refractivity contribution in [3.63, 3.8) is 0 Å². The number of H-pyrrole nitrogens is 1. The van der Waals surface area contributed by atoms with Crippen molar-refractivity contribution in [2.45, 2.75) is 35.2 Å². The minimum atomic E-state index is -1.23. The van der Waals surface area contributed by atoms with Gasteiger partial charge in [0.05, 0.1) is 24.4 Å². The Labute approximate surface area is 197 Å². The van der Waals surface area contributed by atoms with Crippen LogP contribution in [0.4, 0.5) is 0 Å². The number of hydrogen-bond acceptors (Lipinski definition) is 8. The maximum absolute atomic E-state index is 12.9. The summed E-state index contributed by atoms with van der Waals surface area (Å²) in [5, 5.41) is 12.3. The largest absolute Gasteiger partial charge is 0.477 e. The van der Waals surface area contributed by atoms with Gasteiger partial charge >= 0.3 is 5.97 Å². The maximum atomic E-state index is 12.9. The lowest BCUT2D eigenvalue weighted by Gasteiger charge is -2.46. The van der Waals surface area contributed by atoms with Crippen LogP contribution < -0.4 is 16.6 Å². The van der Waals surface area contributed by atoms with Gasteiger partial charge in [0.25, 0.3) is 5.56 Å². The van der Waals surface area contributed by atoms with Crippen molar-refractivity contribution >= 4 is 41.3 Å².